The highest BCUT2D eigenvalue weighted by Crippen LogP contribution is 2.17. The summed E-state index contributed by atoms with van der Waals surface area (Å²) in [6, 6.07) is 7.73. The molecule has 0 spiro atoms. The number of carbonyl (C=O) groups excluding carboxylic acids is 1. The fraction of sp³-hybridized carbons (Fsp3) is 0.500. The molecule has 0 aliphatic carbocycles. The van der Waals surface area contributed by atoms with Crippen molar-refractivity contribution in [2.45, 2.75) is 32.3 Å². The van der Waals surface area contributed by atoms with E-state index in [1.807, 2.05) is 24.3 Å². The van der Waals surface area contributed by atoms with Crippen LogP contribution in [0.2, 0.25) is 0 Å². The number of nitrogens with one attached hydrogen (secondary N) is 2. The van der Waals surface area contributed by atoms with Gasteiger partial charge in [-0.05, 0) is 37.5 Å². The molecule has 0 saturated carbocycles. The summed E-state index contributed by atoms with van der Waals surface area (Å²) < 4.78 is 5.66. The van der Waals surface area contributed by atoms with E-state index in [1.54, 1.807) is 0 Å². The summed E-state index contributed by atoms with van der Waals surface area (Å²) in [6.07, 6.45) is 3.86. The number of ether oxygens (including phenoxy) is 1. The van der Waals surface area contributed by atoms with Gasteiger partial charge < -0.3 is 15.4 Å². The molecule has 2 rings (SSSR count). The normalized spacial score (nSPS) is 19.3. The number of anilines is 2. The maximum atomic E-state index is 11.0. The van der Waals surface area contributed by atoms with Gasteiger partial charge in [0.15, 0.2) is 0 Å². The Bertz CT molecular complexity index is 401. The lowest BCUT2D eigenvalue weighted by atomic mass is 10.1. The second-order valence-corrected chi connectivity index (χ2v) is 4.63. The Balaban J connectivity index is 1.86. The van der Waals surface area contributed by atoms with Crippen molar-refractivity contribution in [3.8, 4) is 0 Å². The number of hydrogen-bond donors (Lipinski definition) is 2. The highest BCUT2D eigenvalue weighted by molar-refractivity contribution is 5.89. The molecule has 1 aliphatic rings. The molecule has 0 radical (unpaired) electrons. The molecule has 1 fully saturated rings. The van der Waals surface area contributed by atoms with Crippen LogP contribution in [0.1, 0.15) is 26.2 Å². The first-order valence-corrected chi connectivity index (χ1v) is 6.47. The van der Waals surface area contributed by atoms with Crippen molar-refractivity contribution in [1.82, 2.24) is 0 Å². The Morgan fingerprint density at radius 3 is 2.94 bits per heavy atom. The molecule has 18 heavy (non-hydrogen) atoms. The minimum Gasteiger partial charge on any atom is -0.382 e. The minimum atomic E-state index is -0.0530. The molecule has 0 aromatic heterocycles. The standard InChI is InChI=1S/C14H20N2O2/c1-11(17)16-13-6-4-5-12(9-13)15-10-14-7-2-3-8-18-14/h4-6,9,14-15H,2-3,7-8,10H2,1H3,(H,16,17). The smallest absolute Gasteiger partial charge is 0.221 e. The molecule has 4 heteroatoms. The lowest BCUT2D eigenvalue weighted by Crippen LogP contribution is -2.26. The number of benzene rings is 1. The SMILES string of the molecule is CC(=O)Nc1cccc(NCC2CCCCO2)c1. The largest absolute Gasteiger partial charge is 0.382 e. The first-order valence-electron chi connectivity index (χ1n) is 6.47. The summed E-state index contributed by atoms with van der Waals surface area (Å²) in [5, 5.41) is 6.12. The highest BCUT2D eigenvalue weighted by atomic mass is 16.5. The first kappa shape index (κ1) is 12.9. The molecule has 2 N–H and O–H groups in total. The van der Waals surface area contributed by atoms with E-state index >= 15 is 0 Å². The Morgan fingerprint density at radius 1 is 1.39 bits per heavy atom. The number of hydrogen-bond acceptors (Lipinski definition) is 3. The molecule has 1 aliphatic heterocycles. The van der Waals surface area contributed by atoms with Gasteiger partial charge in [0.25, 0.3) is 0 Å². The van der Waals surface area contributed by atoms with E-state index in [1.165, 1.54) is 19.8 Å². The van der Waals surface area contributed by atoms with Crippen LogP contribution in [0.4, 0.5) is 11.4 Å². The van der Waals surface area contributed by atoms with Crippen molar-refractivity contribution in [2.24, 2.45) is 0 Å². The summed E-state index contributed by atoms with van der Waals surface area (Å²) in [5.74, 6) is -0.0530. The molecule has 1 unspecified atom stereocenters. The lowest BCUT2D eigenvalue weighted by molar-refractivity contribution is -0.114. The third-order valence-corrected chi connectivity index (χ3v) is 2.99. The predicted octanol–water partition coefficient (Wildman–Crippen LogP) is 2.63. The van der Waals surface area contributed by atoms with Crippen LogP contribution in [0, 0.1) is 0 Å². The van der Waals surface area contributed by atoms with Gasteiger partial charge in [-0.15, -0.1) is 0 Å². The third-order valence-electron chi connectivity index (χ3n) is 2.99. The van der Waals surface area contributed by atoms with Crippen molar-refractivity contribution in [3.63, 3.8) is 0 Å². The van der Waals surface area contributed by atoms with Crippen molar-refractivity contribution in [3.05, 3.63) is 24.3 Å². The van der Waals surface area contributed by atoms with E-state index in [0.29, 0.717) is 6.10 Å². The predicted molar refractivity (Wildman–Crippen MR) is 72.8 cm³/mol. The fourth-order valence-electron chi connectivity index (χ4n) is 2.11. The third kappa shape index (κ3) is 4.04. The summed E-state index contributed by atoms with van der Waals surface area (Å²) >= 11 is 0. The van der Waals surface area contributed by atoms with E-state index in [4.69, 9.17) is 4.74 Å². The van der Waals surface area contributed by atoms with Crippen LogP contribution in [-0.4, -0.2) is 25.2 Å². The van der Waals surface area contributed by atoms with Crippen LogP contribution >= 0.6 is 0 Å². The topological polar surface area (TPSA) is 50.4 Å². The van der Waals surface area contributed by atoms with E-state index < -0.39 is 0 Å². The van der Waals surface area contributed by atoms with Gasteiger partial charge in [0.05, 0.1) is 6.10 Å². The zero-order chi connectivity index (χ0) is 12.8. The van der Waals surface area contributed by atoms with Gasteiger partial charge in [0, 0.05) is 31.5 Å². The molecule has 1 amide bonds. The van der Waals surface area contributed by atoms with Crippen molar-refractivity contribution >= 4 is 17.3 Å². The second kappa shape index (κ2) is 6.40. The summed E-state index contributed by atoms with van der Waals surface area (Å²) in [5.41, 5.74) is 1.83. The van der Waals surface area contributed by atoms with Gasteiger partial charge >= 0.3 is 0 Å². The monoisotopic (exact) mass is 248 g/mol. The van der Waals surface area contributed by atoms with Crippen LogP contribution in [-0.2, 0) is 9.53 Å². The molecule has 1 heterocycles. The lowest BCUT2D eigenvalue weighted by Gasteiger charge is -2.23. The van der Waals surface area contributed by atoms with Crippen molar-refractivity contribution in [1.29, 1.82) is 0 Å². The molecule has 1 saturated heterocycles. The van der Waals surface area contributed by atoms with Crippen molar-refractivity contribution in [2.75, 3.05) is 23.8 Å². The van der Waals surface area contributed by atoms with Crippen LogP contribution in [0.15, 0.2) is 24.3 Å². The molecular formula is C14H20N2O2. The number of carbonyl (C=O) groups is 1. The minimum absolute atomic E-state index is 0.0530. The summed E-state index contributed by atoms with van der Waals surface area (Å²) in [7, 11) is 0. The van der Waals surface area contributed by atoms with Gasteiger partial charge in [0.1, 0.15) is 0 Å². The van der Waals surface area contributed by atoms with Crippen LogP contribution in [0.3, 0.4) is 0 Å². The first-order chi connectivity index (χ1) is 8.74. The Kier molecular flexibility index (Phi) is 4.59. The second-order valence-electron chi connectivity index (χ2n) is 4.63. The molecule has 98 valence electrons. The average molecular weight is 248 g/mol. The van der Waals surface area contributed by atoms with E-state index in [0.717, 1.165) is 30.9 Å². The quantitative estimate of drug-likeness (QED) is 0.861. The van der Waals surface area contributed by atoms with Crippen LogP contribution in [0.25, 0.3) is 0 Å². The highest BCUT2D eigenvalue weighted by Gasteiger charge is 2.13. The van der Waals surface area contributed by atoms with Crippen LogP contribution < -0.4 is 10.6 Å². The van der Waals surface area contributed by atoms with Gasteiger partial charge in [-0.3, -0.25) is 4.79 Å². The summed E-state index contributed by atoms with van der Waals surface area (Å²) in [4.78, 5) is 11.0. The van der Waals surface area contributed by atoms with E-state index in [9.17, 15) is 4.79 Å². The Hall–Kier alpha value is -1.55. The zero-order valence-electron chi connectivity index (χ0n) is 10.7. The van der Waals surface area contributed by atoms with Crippen molar-refractivity contribution < 1.29 is 9.53 Å². The number of rotatable bonds is 4. The molecule has 1 atom stereocenters. The fourth-order valence-corrected chi connectivity index (χ4v) is 2.11. The molecular weight excluding hydrogens is 228 g/mol. The molecule has 1 aromatic rings. The van der Waals surface area contributed by atoms with Gasteiger partial charge in [-0.1, -0.05) is 6.07 Å². The van der Waals surface area contributed by atoms with E-state index in [2.05, 4.69) is 10.6 Å². The maximum Gasteiger partial charge on any atom is 0.221 e. The molecule has 1 aromatic carbocycles. The Morgan fingerprint density at radius 2 is 2.22 bits per heavy atom. The molecule has 4 nitrogen and oxygen atoms in total. The zero-order valence-corrected chi connectivity index (χ0v) is 10.7. The average Bonchev–Trinajstić information content (AvgIpc) is 2.37. The van der Waals surface area contributed by atoms with Gasteiger partial charge in [-0.25, -0.2) is 0 Å². The maximum absolute atomic E-state index is 11.0. The van der Waals surface area contributed by atoms with Gasteiger partial charge in [-0.2, -0.15) is 0 Å². The Labute approximate surface area is 108 Å². The summed E-state index contributed by atoms with van der Waals surface area (Å²) in [6.45, 7) is 3.21. The van der Waals surface area contributed by atoms with Gasteiger partial charge in [0.2, 0.25) is 5.91 Å². The number of amides is 1. The van der Waals surface area contributed by atoms with Crippen LogP contribution in [0.5, 0.6) is 0 Å². The molecule has 0 bridgehead atoms. The van der Waals surface area contributed by atoms with E-state index in [-0.39, 0.29) is 5.91 Å².